The Labute approximate surface area is 284 Å². The Bertz CT molecular complexity index is 1470. The molecule has 3 fully saturated rings. The Hall–Kier alpha value is -3.04. The second-order valence-electron chi connectivity index (χ2n) is 12.9. The number of piperidine rings is 3. The Morgan fingerprint density at radius 3 is 2.36 bits per heavy atom. The summed E-state index contributed by atoms with van der Waals surface area (Å²) < 4.78 is 47.3. The number of fused-ring (bicyclic) bond motifs is 1. The molecule has 4 aliphatic heterocycles. The zero-order chi connectivity index (χ0) is 33.3. The molecule has 1 aromatic carbocycles. The molecule has 47 heavy (non-hydrogen) atoms. The molecule has 0 radical (unpaired) electrons. The second kappa shape index (κ2) is 14.2. The van der Waals surface area contributed by atoms with Crippen molar-refractivity contribution in [2.24, 2.45) is 11.8 Å². The van der Waals surface area contributed by atoms with Gasteiger partial charge in [0.1, 0.15) is 5.00 Å². The summed E-state index contributed by atoms with van der Waals surface area (Å²) in [5.41, 5.74) is 5.50. The number of nitrogens with two attached hydrogens (primary N) is 1. The lowest BCUT2D eigenvalue weighted by Crippen LogP contribution is -2.52. The first-order valence-corrected chi connectivity index (χ1v) is 17.9. The van der Waals surface area contributed by atoms with Crippen LogP contribution < -0.4 is 16.4 Å². The first-order valence-electron chi connectivity index (χ1n) is 16.2. The van der Waals surface area contributed by atoms with Gasteiger partial charge in [0.25, 0.3) is 5.91 Å². The number of carbonyl (C=O) groups excluding carboxylic acids is 3. The van der Waals surface area contributed by atoms with E-state index in [0.29, 0.717) is 57.4 Å². The van der Waals surface area contributed by atoms with Crippen LogP contribution in [0.15, 0.2) is 28.1 Å². The third-order valence-electron chi connectivity index (χ3n) is 10.1. The van der Waals surface area contributed by atoms with Crippen LogP contribution in [0.4, 0.5) is 33.4 Å². The minimum atomic E-state index is -4.70. The molecule has 1 atom stereocenters. The molecule has 4 aliphatic rings. The van der Waals surface area contributed by atoms with Gasteiger partial charge < -0.3 is 30.5 Å². The van der Waals surface area contributed by atoms with Gasteiger partial charge in [0.15, 0.2) is 6.10 Å². The van der Waals surface area contributed by atoms with E-state index in [1.165, 1.54) is 22.3 Å². The molecule has 0 bridgehead atoms. The first-order chi connectivity index (χ1) is 22.5. The lowest BCUT2D eigenvalue weighted by atomic mass is 9.79. The number of anilines is 2. The summed E-state index contributed by atoms with van der Waals surface area (Å²) in [6.45, 7) is 4.15. The zero-order valence-electron chi connectivity index (χ0n) is 26.0. The van der Waals surface area contributed by atoms with Crippen LogP contribution in [0.1, 0.15) is 55.2 Å². The van der Waals surface area contributed by atoms with E-state index in [2.05, 4.69) is 26.6 Å². The molecule has 256 valence electrons. The van der Waals surface area contributed by atoms with E-state index < -0.39 is 35.5 Å². The third kappa shape index (κ3) is 7.67. The Kier molecular flexibility index (Phi) is 10.2. The van der Waals surface area contributed by atoms with Crippen molar-refractivity contribution in [2.45, 2.75) is 69.8 Å². The molecule has 1 aromatic heterocycles. The monoisotopic (exact) mass is 740 g/mol. The van der Waals surface area contributed by atoms with Crippen LogP contribution in [0.2, 0.25) is 0 Å². The number of likely N-dealkylation sites (tertiary alicyclic amines) is 2. The van der Waals surface area contributed by atoms with Gasteiger partial charge in [-0.3, -0.25) is 10.1 Å². The fraction of sp³-hybridized carbons (Fsp3) is 0.594. The maximum Gasteiger partial charge on any atom is 0.418 e. The number of thiophene rings is 1. The van der Waals surface area contributed by atoms with E-state index in [1.54, 1.807) is 9.80 Å². The van der Waals surface area contributed by atoms with Crippen molar-refractivity contribution < 1.29 is 32.3 Å². The maximum absolute atomic E-state index is 13.9. The van der Waals surface area contributed by atoms with Crippen LogP contribution in [0.5, 0.6) is 0 Å². The van der Waals surface area contributed by atoms with E-state index in [-0.39, 0.29) is 28.5 Å². The molecule has 4 amide bonds. The Morgan fingerprint density at radius 1 is 1.02 bits per heavy atom. The number of hydrogen-bond donors (Lipinski definition) is 3. The van der Waals surface area contributed by atoms with Gasteiger partial charge in [-0.2, -0.15) is 13.2 Å². The van der Waals surface area contributed by atoms with E-state index in [1.807, 2.05) is 11.4 Å². The smallest absolute Gasteiger partial charge is 0.418 e. The highest BCUT2D eigenvalue weighted by molar-refractivity contribution is 9.10. The maximum atomic E-state index is 13.9. The standard InChI is InChI=1S/C32H40BrF3N6O4S/c33-25-16-19(15-24(27(25)37)32(34,35)36)17-26(29(43)40-10-3-21(4-11-40)20-1-8-38-9-2-20)46-31(45)41-12-5-23(6-13-41)42-18-22-7-14-47-28(22)39-30(42)44/h7,14-16,20-21,23,26,38H,1-6,8-13,17-18,37H2,(H,39,44)/t26-/m1/s1. The van der Waals surface area contributed by atoms with Crippen LogP contribution in [-0.4, -0.2) is 84.1 Å². The molecule has 0 aliphatic carbocycles. The summed E-state index contributed by atoms with van der Waals surface area (Å²) in [5, 5.41) is 9.11. The largest absolute Gasteiger partial charge is 0.436 e. The first kappa shape index (κ1) is 33.8. The third-order valence-corrected chi connectivity index (χ3v) is 11.6. The molecular formula is C32H40BrF3N6O4S. The van der Waals surface area contributed by atoms with Crippen LogP contribution in [-0.2, 0) is 28.7 Å². The van der Waals surface area contributed by atoms with Gasteiger partial charge in [0, 0.05) is 48.7 Å². The SMILES string of the molecule is Nc1c(Br)cc(C[C@@H](OC(=O)N2CCC(N3Cc4ccsc4NC3=O)CC2)C(=O)N2CCC(C3CCNCC3)CC2)cc1C(F)(F)F. The number of amides is 4. The van der Waals surface area contributed by atoms with E-state index >= 15 is 0 Å². The van der Waals surface area contributed by atoms with Crippen LogP contribution in [0.25, 0.3) is 0 Å². The summed E-state index contributed by atoms with van der Waals surface area (Å²) in [6, 6.07) is 4.12. The van der Waals surface area contributed by atoms with Crippen molar-refractivity contribution in [2.75, 3.05) is 50.3 Å². The average Bonchev–Trinajstić information content (AvgIpc) is 3.52. The number of alkyl halides is 3. The molecule has 3 saturated heterocycles. The summed E-state index contributed by atoms with van der Waals surface area (Å²) in [5.74, 6) is 0.718. The van der Waals surface area contributed by atoms with Crippen molar-refractivity contribution in [1.82, 2.24) is 20.0 Å². The van der Waals surface area contributed by atoms with Crippen LogP contribution in [0.3, 0.4) is 0 Å². The van der Waals surface area contributed by atoms with E-state index in [4.69, 9.17) is 10.5 Å². The molecule has 2 aromatic rings. The molecular weight excluding hydrogens is 701 g/mol. The number of hydrogen-bond acceptors (Lipinski definition) is 7. The minimum Gasteiger partial charge on any atom is -0.436 e. The summed E-state index contributed by atoms with van der Waals surface area (Å²) >= 11 is 4.61. The number of carbonyl (C=O) groups is 3. The Balaban J connectivity index is 1.13. The summed E-state index contributed by atoms with van der Waals surface area (Å²) in [6.07, 6.45) is -1.96. The van der Waals surface area contributed by atoms with Crippen molar-refractivity contribution in [3.8, 4) is 0 Å². The molecule has 0 saturated carbocycles. The number of ether oxygens (including phenoxy) is 1. The van der Waals surface area contributed by atoms with Gasteiger partial charge in [-0.05, 0) is 109 Å². The zero-order valence-corrected chi connectivity index (χ0v) is 28.4. The van der Waals surface area contributed by atoms with Crippen LogP contribution >= 0.6 is 27.3 Å². The van der Waals surface area contributed by atoms with E-state index in [0.717, 1.165) is 55.4 Å². The molecule has 5 heterocycles. The Morgan fingerprint density at radius 2 is 1.68 bits per heavy atom. The highest BCUT2D eigenvalue weighted by atomic mass is 79.9. The average molecular weight is 742 g/mol. The lowest BCUT2D eigenvalue weighted by Gasteiger charge is -2.40. The predicted molar refractivity (Wildman–Crippen MR) is 176 cm³/mol. The van der Waals surface area contributed by atoms with Gasteiger partial charge in [-0.15, -0.1) is 11.3 Å². The predicted octanol–water partition coefficient (Wildman–Crippen LogP) is 5.91. The molecule has 10 nitrogen and oxygen atoms in total. The number of nitrogens with zero attached hydrogens (tertiary/aromatic N) is 3. The molecule has 15 heteroatoms. The second-order valence-corrected chi connectivity index (χ2v) is 14.7. The molecule has 0 unspecified atom stereocenters. The normalized spacial score (nSPS) is 20.9. The fourth-order valence-corrected chi connectivity index (χ4v) is 8.68. The summed E-state index contributed by atoms with van der Waals surface area (Å²) in [4.78, 5) is 45.1. The van der Waals surface area contributed by atoms with Crippen molar-refractivity contribution in [3.05, 3.63) is 44.7 Å². The van der Waals surface area contributed by atoms with E-state index in [9.17, 15) is 27.6 Å². The number of urea groups is 1. The minimum absolute atomic E-state index is 0.0565. The summed E-state index contributed by atoms with van der Waals surface area (Å²) in [7, 11) is 0. The number of halogens is 4. The van der Waals surface area contributed by atoms with Gasteiger partial charge in [0.05, 0.1) is 17.8 Å². The fourth-order valence-electron chi connectivity index (χ4n) is 7.38. The molecule has 6 rings (SSSR count). The lowest BCUT2D eigenvalue weighted by molar-refractivity contribution is -0.142. The number of nitrogens with one attached hydrogen (secondary N) is 2. The topological polar surface area (TPSA) is 120 Å². The molecule has 4 N–H and O–H groups in total. The number of rotatable bonds is 6. The van der Waals surface area contributed by atoms with Crippen molar-refractivity contribution in [1.29, 1.82) is 0 Å². The van der Waals surface area contributed by atoms with Gasteiger partial charge >= 0.3 is 18.3 Å². The van der Waals surface area contributed by atoms with Crippen molar-refractivity contribution in [3.63, 3.8) is 0 Å². The quantitative estimate of drug-likeness (QED) is 0.317. The van der Waals surface area contributed by atoms with Gasteiger partial charge in [0.2, 0.25) is 0 Å². The highest BCUT2D eigenvalue weighted by Crippen LogP contribution is 2.39. The molecule has 0 spiro atoms. The van der Waals surface area contributed by atoms with Crippen molar-refractivity contribution >= 4 is 56.0 Å². The van der Waals surface area contributed by atoms with Gasteiger partial charge in [-0.25, -0.2) is 9.59 Å². The number of benzene rings is 1. The van der Waals surface area contributed by atoms with Gasteiger partial charge in [-0.1, -0.05) is 0 Å². The number of nitrogen functional groups attached to an aromatic ring is 1. The highest BCUT2D eigenvalue weighted by Gasteiger charge is 2.38. The van der Waals surface area contributed by atoms with Crippen LogP contribution in [0, 0.1) is 11.8 Å².